The summed E-state index contributed by atoms with van der Waals surface area (Å²) in [6, 6.07) is 6.57. The van der Waals surface area contributed by atoms with Gasteiger partial charge < -0.3 is 14.5 Å². The summed E-state index contributed by atoms with van der Waals surface area (Å²) in [5.74, 6) is -1.73. The predicted octanol–water partition coefficient (Wildman–Crippen LogP) is 2.10. The second kappa shape index (κ2) is 9.90. The van der Waals surface area contributed by atoms with Gasteiger partial charge in [0.15, 0.2) is 6.61 Å². The molecule has 3 rings (SSSR count). The maximum atomic E-state index is 12.6. The van der Waals surface area contributed by atoms with Gasteiger partial charge in [-0.05, 0) is 42.7 Å². The minimum Gasteiger partial charge on any atom is -0.467 e. The first-order valence-corrected chi connectivity index (χ1v) is 10.0. The molecule has 1 aromatic heterocycles. The van der Waals surface area contributed by atoms with Crippen molar-refractivity contribution >= 4 is 29.7 Å². The molecule has 1 aromatic carbocycles. The van der Waals surface area contributed by atoms with Crippen molar-refractivity contribution in [1.29, 1.82) is 0 Å². The fourth-order valence-corrected chi connectivity index (χ4v) is 3.01. The molecule has 1 aliphatic heterocycles. The molecule has 0 fully saturated rings. The Morgan fingerprint density at radius 1 is 1.09 bits per heavy atom. The lowest BCUT2D eigenvalue weighted by Gasteiger charge is -2.14. The Kier molecular flexibility index (Phi) is 7.04. The van der Waals surface area contributed by atoms with Crippen LogP contribution in [-0.4, -0.2) is 47.8 Å². The monoisotopic (exact) mass is 441 g/mol. The minimum absolute atomic E-state index is 0.0191. The van der Waals surface area contributed by atoms with Gasteiger partial charge in [0, 0.05) is 6.54 Å². The zero-order valence-electron chi connectivity index (χ0n) is 17.7. The minimum atomic E-state index is -0.861. The van der Waals surface area contributed by atoms with Gasteiger partial charge in [0.25, 0.3) is 17.7 Å². The third kappa shape index (κ3) is 5.39. The number of imide groups is 2. The van der Waals surface area contributed by atoms with Crippen molar-refractivity contribution < 1.29 is 33.1 Å². The van der Waals surface area contributed by atoms with Gasteiger partial charge in [0.05, 0.1) is 29.5 Å². The zero-order valence-corrected chi connectivity index (χ0v) is 17.7. The van der Waals surface area contributed by atoms with Crippen molar-refractivity contribution in [2.75, 3.05) is 13.2 Å². The number of urea groups is 1. The van der Waals surface area contributed by atoms with E-state index < -0.39 is 36.3 Å². The van der Waals surface area contributed by atoms with Crippen LogP contribution in [0.3, 0.4) is 0 Å². The first-order valence-electron chi connectivity index (χ1n) is 10.0. The Morgan fingerprint density at radius 2 is 1.84 bits per heavy atom. The van der Waals surface area contributed by atoms with E-state index in [9.17, 15) is 24.0 Å². The number of ether oxygens (including phenoxy) is 1. The molecule has 0 saturated carbocycles. The molecule has 0 radical (unpaired) electrons. The van der Waals surface area contributed by atoms with Crippen LogP contribution in [0, 0.1) is 5.92 Å². The third-order valence-electron chi connectivity index (χ3n) is 4.73. The maximum absolute atomic E-state index is 12.6. The molecule has 0 unspecified atom stereocenters. The van der Waals surface area contributed by atoms with Crippen LogP contribution in [0.1, 0.15) is 57.1 Å². The van der Waals surface area contributed by atoms with E-state index in [1.54, 1.807) is 12.1 Å². The number of rotatable bonds is 8. The van der Waals surface area contributed by atoms with E-state index in [-0.39, 0.29) is 23.2 Å². The van der Waals surface area contributed by atoms with Gasteiger partial charge in [0.1, 0.15) is 5.76 Å². The van der Waals surface area contributed by atoms with Gasteiger partial charge in [0.2, 0.25) is 0 Å². The lowest BCUT2D eigenvalue weighted by atomic mass is 10.1. The molecular formula is C22H23N3O7. The number of nitrogens with zero attached hydrogens (tertiary/aromatic N) is 1. The summed E-state index contributed by atoms with van der Waals surface area (Å²) in [6.07, 6.45) is 2.12. The molecule has 2 aromatic rings. The number of hydrogen-bond donors (Lipinski definition) is 2. The number of furan rings is 1. The highest BCUT2D eigenvalue weighted by molar-refractivity contribution is 6.22. The van der Waals surface area contributed by atoms with Crippen molar-refractivity contribution in [3.05, 3.63) is 59.0 Å². The zero-order chi connectivity index (χ0) is 23.3. The molecule has 0 spiro atoms. The number of carbonyl (C=O) groups excluding carboxylic acids is 5. The third-order valence-corrected chi connectivity index (χ3v) is 4.73. The smallest absolute Gasteiger partial charge is 0.338 e. The molecule has 0 atom stereocenters. The molecule has 0 bridgehead atoms. The van der Waals surface area contributed by atoms with Gasteiger partial charge in [-0.15, -0.1) is 0 Å². The Hall–Kier alpha value is -3.95. The van der Waals surface area contributed by atoms with Crippen molar-refractivity contribution in [1.82, 2.24) is 15.5 Å². The molecule has 10 nitrogen and oxygen atoms in total. The lowest BCUT2D eigenvalue weighted by Crippen LogP contribution is -2.41. The van der Waals surface area contributed by atoms with Crippen LogP contribution in [0.2, 0.25) is 0 Å². The first-order chi connectivity index (χ1) is 15.3. The Morgan fingerprint density at radius 3 is 2.53 bits per heavy atom. The molecule has 1 aliphatic rings. The molecule has 168 valence electrons. The SMILES string of the molecule is CC(C)CCN1C(=O)c2ccc(C(=O)OCC(=O)NC(=O)NCc3ccco3)cc2C1=O. The number of amides is 5. The number of esters is 1. The summed E-state index contributed by atoms with van der Waals surface area (Å²) in [7, 11) is 0. The molecule has 32 heavy (non-hydrogen) atoms. The summed E-state index contributed by atoms with van der Waals surface area (Å²) in [6.45, 7) is 3.67. The average molecular weight is 441 g/mol. The Bertz CT molecular complexity index is 1040. The first kappa shape index (κ1) is 22.7. The van der Waals surface area contributed by atoms with E-state index in [0.29, 0.717) is 24.6 Å². The van der Waals surface area contributed by atoms with Crippen LogP contribution in [0.5, 0.6) is 0 Å². The van der Waals surface area contributed by atoms with E-state index in [2.05, 4.69) is 5.32 Å². The highest BCUT2D eigenvalue weighted by Crippen LogP contribution is 2.25. The summed E-state index contributed by atoms with van der Waals surface area (Å²) >= 11 is 0. The fraction of sp³-hybridized carbons (Fsp3) is 0.318. The Labute approximate surface area is 183 Å². The van der Waals surface area contributed by atoms with Crippen LogP contribution in [-0.2, 0) is 16.1 Å². The van der Waals surface area contributed by atoms with E-state index in [1.807, 2.05) is 19.2 Å². The highest BCUT2D eigenvalue weighted by atomic mass is 16.5. The van der Waals surface area contributed by atoms with Crippen LogP contribution < -0.4 is 10.6 Å². The summed E-state index contributed by atoms with van der Waals surface area (Å²) < 4.78 is 9.96. The predicted molar refractivity (Wildman–Crippen MR) is 111 cm³/mol. The number of fused-ring (bicyclic) bond motifs is 1. The van der Waals surface area contributed by atoms with Crippen LogP contribution in [0.4, 0.5) is 4.79 Å². The molecular weight excluding hydrogens is 418 g/mol. The standard InChI is InChI=1S/C22H23N3O7/c1-13(2)7-8-25-19(27)16-6-5-14(10-17(16)20(25)28)21(29)32-12-18(26)24-22(30)23-11-15-4-3-9-31-15/h3-6,9-10,13H,7-8,11-12H2,1-2H3,(H2,23,24,26,30). The number of hydrogen-bond acceptors (Lipinski definition) is 7. The number of nitrogens with one attached hydrogen (secondary N) is 2. The Balaban J connectivity index is 1.52. The quantitative estimate of drug-likeness (QED) is 0.473. The fourth-order valence-electron chi connectivity index (χ4n) is 3.01. The van der Waals surface area contributed by atoms with Gasteiger partial charge >= 0.3 is 12.0 Å². The van der Waals surface area contributed by atoms with Crippen LogP contribution in [0.25, 0.3) is 0 Å². The largest absolute Gasteiger partial charge is 0.467 e. The molecule has 2 heterocycles. The van der Waals surface area contributed by atoms with Gasteiger partial charge in [-0.3, -0.25) is 24.6 Å². The van der Waals surface area contributed by atoms with Crippen molar-refractivity contribution in [2.45, 2.75) is 26.8 Å². The second-order valence-corrected chi connectivity index (χ2v) is 7.59. The van der Waals surface area contributed by atoms with Crippen molar-refractivity contribution in [2.24, 2.45) is 5.92 Å². The maximum Gasteiger partial charge on any atom is 0.338 e. The van der Waals surface area contributed by atoms with E-state index in [4.69, 9.17) is 9.15 Å². The van der Waals surface area contributed by atoms with Crippen LogP contribution in [0.15, 0.2) is 41.0 Å². The second-order valence-electron chi connectivity index (χ2n) is 7.59. The van der Waals surface area contributed by atoms with E-state index in [1.165, 1.54) is 24.5 Å². The summed E-state index contributed by atoms with van der Waals surface area (Å²) in [4.78, 5) is 62.0. The van der Waals surface area contributed by atoms with E-state index >= 15 is 0 Å². The van der Waals surface area contributed by atoms with Gasteiger partial charge in [-0.25, -0.2) is 9.59 Å². The topological polar surface area (TPSA) is 135 Å². The average Bonchev–Trinajstić information content (AvgIpc) is 3.36. The van der Waals surface area contributed by atoms with Gasteiger partial charge in [-0.2, -0.15) is 0 Å². The molecule has 2 N–H and O–H groups in total. The normalized spacial score (nSPS) is 12.7. The van der Waals surface area contributed by atoms with Crippen molar-refractivity contribution in [3.63, 3.8) is 0 Å². The molecule has 0 saturated heterocycles. The van der Waals surface area contributed by atoms with Crippen molar-refractivity contribution in [3.8, 4) is 0 Å². The summed E-state index contributed by atoms with van der Waals surface area (Å²) in [5, 5.41) is 4.43. The number of carbonyl (C=O) groups is 5. The van der Waals surface area contributed by atoms with Crippen LogP contribution >= 0.6 is 0 Å². The number of benzene rings is 1. The molecule has 0 aliphatic carbocycles. The highest BCUT2D eigenvalue weighted by Gasteiger charge is 2.35. The molecule has 5 amide bonds. The molecule has 10 heteroatoms. The van der Waals surface area contributed by atoms with Gasteiger partial charge in [-0.1, -0.05) is 13.8 Å². The summed E-state index contributed by atoms with van der Waals surface area (Å²) in [5.41, 5.74) is 0.363. The van der Waals surface area contributed by atoms with E-state index in [0.717, 1.165) is 4.90 Å². The lowest BCUT2D eigenvalue weighted by molar-refractivity contribution is -0.123.